The van der Waals surface area contributed by atoms with Crippen molar-refractivity contribution in [1.82, 2.24) is 20.3 Å². The van der Waals surface area contributed by atoms with Gasteiger partial charge in [0.25, 0.3) is 5.91 Å². The zero-order valence-corrected chi connectivity index (χ0v) is 10.6. The zero-order valence-electron chi connectivity index (χ0n) is 9.81. The number of hydrogen-bond donors (Lipinski definition) is 2. The number of nitrogens with one attached hydrogen (secondary N) is 2. The summed E-state index contributed by atoms with van der Waals surface area (Å²) in [6.07, 6.45) is -1.43. The Kier molecular flexibility index (Phi) is 4.13. The second-order valence-electron chi connectivity index (χ2n) is 3.53. The van der Waals surface area contributed by atoms with Crippen molar-refractivity contribution in [3.8, 4) is 0 Å². The number of hydrogen-bond acceptors (Lipinski definition) is 6. The van der Waals surface area contributed by atoms with Crippen LogP contribution in [0.1, 0.15) is 10.5 Å². The van der Waals surface area contributed by atoms with E-state index in [1.54, 1.807) is 11.4 Å². The summed E-state index contributed by atoms with van der Waals surface area (Å²) in [6.45, 7) is -1.39. The van der Waals surface area contributed by atoms with Crippen molar-refractivity contribution in [2.75, 3.05) is 11.9 Å². The van der Waals surface area contributed by atoms with Gasteiger partial charge in [0.1, 0.15) is 12.2 Å². The van der Waals surface area contributed by atoms with Crippen LogP contribution in [0.25, 0.3) is 0 Å². The summed E-state index contributed by atoms with van der Waals surface area (Å²) in [5.74, 6) is -0.607. The first-order chi connectivity index (χ1) is 9.44. The zero-order chi connectivity index (χ0) is 14.6. The van der Waals surface area contributed by atoms with E-state index in [1.807, 2.05) is 0 Å². The summed E-state index contributed by atoms with van der Waals surface area (Å²) < 4.78 is 35.9. The molecule has 2 heterocycles. The lowest BCUT2D eigenvalue weighted by Crippen LogP contribution is -2.33. The van der Waals surface area contributed by atoms with Gasteiger partial charge >= 0.3 is 6.18 Å². The summed E-state index contributed by atoms with van der Waals surface area (Å²) in [5.41, 5.74) is -0.0994. The lowest BCUT2D eigenvalue weighted by Gasteiger charge is -2.06. The molecule has 0 aliphatic rings. The average Bonchev–Trinajstić information content (AvgIpc) is 2.85. The van der Waals surface area contributed by atoms with Gasteiger partial charge in [-0.25, -0.2) is 15.0 Å². The Balaban J connectivity index is 1.97. The van der Waals surface area contributed by atoms with Gasteiger partial charge in [-0.2, -0.15) is 13.2 Å². The smallest absolute Gasteiger partial charge is 0.342 e. The molecule has 2 aromatic heterocycles. The van der Waals surface area contributed by atoms with Crippen molar-refractivity contribution in [2.24, 2.45) is 0 Å². The molecule has 0 aliphatic heterocycles. The molecule has 0 spiro atoms. The van der Waals surface area contributed by atoms with E-state index in [1.165, 1.54) is 17.8 Å². The van der Waals surface area contributed by atoms with Crippen LogP contribution in [-0.2, 0) is 0 Å². The minimum atomic E-state index is -4.45. The fraction of sp³-hybridized carbons (Fsp3) is 0.200. The van der Waals surface area contributed by atoms with Gasteiger partial charge < -0.3 is 10.6 Å². The topological polar surface area (TPSA) is 79.8 Å². The molecule has 0 radical (unpaired) electrons. The van der Waals surface area contributed by atoms with Crippen molar-refractivity contribution in [3.05, 3.63) is 29.5 Å². The Hall–Kier alpha value is -2.23. The van der Waals surface area contributed by atoms with Crippen LogP contribution in [0.4, 0.5) is 24.3 Å². The first-order valence-electron chi connectivity index (χ1n) is 5.28. The van der Waals surface area contributed by atoms with E-state index in [0.29, 0.717) is 5.13 Å². The average molecular weight is 303 g/mol. The quantitative estimate of drug-likeness (QED) is 0.902. The SMILES string of the molecule is O=C(NCC(F)(F)F)c1csc(Nc2ncccn2)n1. The molecule has 20 heavy (non-hydrogen) atoms. The predicted molar refractivity (Wildman–Crippen MR) is 65.8 cm³/mol. The number of carbonyl (C=O) groups excluding carboxylic acids is 1. The van der Waals surface area contributed by atoms with Crippen LogP contribution in [0.15, 0.2) is 23.8 Å². The molecule has 2 rings (SSSR count). The minimum absolute atomic E-state index is 0.0994. The van der Waals surface area contributed by atoms with E-state index in [2.05, 4.69) is 20.3 Å². The fourth-order valence-corrected chi connectivity index (χ4v) is 1.85. The number of aromatic nitrogens is 3. The van der Waals surface area contributed by atoms with E-state index in [0.717, 1.165) is 11.3 Å². The monoisotopic (exact) mass is 303 g/mol. The van der Waals surface area contributed by atoms with Crippen LogP contribution in [0.5, 0.6) is 0 Å². The van der Waals surface area contributed by atoms with Crippen LogP contribution in [-0.4, -0.2) is 33.6 Å². The number of carbonyl (C=O) groups is 1. The van der Waals surface area contributed by atoms with Gasteiger partial charge in [-0.3, -0.25) is 4.79 Å². The van der Waals surface area contributed by atoms with Gasteiger partial charge in [0.2, 0.25) is 5.95 Å². The number of anilines is 2. The number of amides is 1. The fourth-order valence-electron chi connectivity index (χ4n) is 1.17. The first-order valence-corrected chi connectivity index (χ1v) is 6.16. The van der Waals surface area contributed by atoms with Gasteiger partial charge in [0.15, 0.2) is 5.13 Å². The van der Waals surface area contributed by atoms with Crippen LogP contribution in [0.2, 0.25) is 0 Å². The van der Waals surface area contributed by atoms with Crippen LogP contribution in [0.3, 0.4) is 0 Å². The normalized spacial score (nSPS) is 11.2. The van der Waals surface area contributed by atoms with Gasteiger partial charge in [0, 0.05) is 17.8 Å². The summed E-state index contributed by atoms with van der Waals surface area (Å²) in [6, 6.07) is 1.63. The molecule has 106 valence electrons. The third-order valence-electron chi connectivity index (χ3n) is 1.97. The summed E-state index contributed by atoms with van der Waals surface area (Å²) in [5, 5.41) is 6.13. The number of thiazole rings is 1. The molecule has 0 aliphatic carbocycles. The number of halogens is 3. The maximum absolute atomic E-state index is 12.0. The Bertz CT molecular complexity index is 586. The molecule has 10 heteroatoms. The van der Waals surface area contributed by atoms with Gasteiger partial charge in [-0.1, -0.05) is 0 Å². The van der Waals surface area contributed by atoms with Gasteiger partial charge in [-0.15, -0.1) is 11.3 Å². The van der Waals surface area contributed by atoms with E-state index < -0.39 is 18.6 Å². The van der Waals surface area contributed by atoms with Crippen molar-refractivity contribution in [1.29, 1.82) is 0 Å². The van der Waals surface area contributed by atoms with Crippen LogP contribution >= 0.6 is 11.3 Å². The standard InChI is InChI=1S/C10H8F3N5OS/c11-10(12,13)5-16-7(19)6-4-20-9(17-6)18-8-14-2-1-3-15-8/h1-4H,5H2,(H,16,19)(H,14,15,17,18). The highest BCUT2D eigenvalue weighted by Gasteiger charge is 2.28. The summed E-state index contributed by atoms with van der Waals surface area (Å²) >= 11 is 1.06. The molecular formula is C10H8F3N5OS. The van der Waals surface area contributed by atoms with Crippen LogP contribution < -0.4 is 10.6 Å². The highest BCUT2D eigenvalue weighted by Crippen LogP contribution is 2.18. The van der Waals surface area contributed by atoms with Crippen molar-refractivity contribution in [2.45, 2.75) is 6.18 Å². The lowest BCUT2D eigenvalue weighted by atomic mass is 10.4. The Morgan fingerprint density at radius 2 is 2.00 bits per heavy atom. The molecule has 0 fully saturated rings. The van der Waals surface area contributed by atoms with Gasteiger partial charge in [0.05, 0.1) is 0 Å². The maximum atomic E-state index is 12.0. The highest BCUT2D eigenvalue weighted by atomic mass is 32.1. The largest absolute Gasteiger partial charge is 0.405 e. The molecule has 0 atom stereocenters. The summed E-state index contributed by atoms with van der Waals surface area (Å²) in [4.78, 5) is 23.1. The molecular weight excluding hydrogens is 295 g/mol. The maximum Gasteiger partial charge on any atom is 0.405 e. The molecule has 0 aromatic carbocycles. The van der Waals surface area contributed by atoms with Crippen LogP contribution in [0, 0.1) is 0 Å². The Morgan fingerprint density at radius 1 is 1.30 bits per heavy atom. The number of alkyl halides is 3. The third kappa shape index (κ3) is 4.16. The second-order valence-corrected chi connectivity index (χ2v) is 4.39. The Morgan fingerprint density at radius 3 is 2.65 bits per heavy atom. The van der Waals surface area contributed by atoms with Gasteiger partial charge in [-0.05, 0) is 6.07 Å². The lowest BCUT2D eigenvalue weighted by molar-refractivity contribution is -0.123. The van der Waals surface area contributed by atoms with Crippen molar-refractivity contribution < 1.29 is 18.0 Å². The molecule has 2 aromatic rings. The molecule has 6 nitrogen and oxygen atoms in total. The van der Waals surface area contributed by atoms with E-state index in [-0.39, 0.29) is 11.6 Å². The van der Waals surface area contributed by atoms with E-state index in [4.69, 9.17) is 0 Å². The third-order valence-corrected chi connectivity index (χ3v) is 2.73. The second kappa shape index (κ2) is 5.82. The first kappa shape index (κ1) is 14.2. The molecule has 2 N–H and O–H groups in total. The predicted octanol–water partition coefficient (Wildman–Crippen LogP) is 1.97. The van der Waals surface area contributed by atoms with Crippen molar-refractivity contribution in [3.63, 3.8) is 0 Å². The highest BCUT2D eigenvalue weighted by molar-refractivity contribution is 7.14. The van der Waals surface area contributed by atoms with E-state index >= 15 is 0 Å². The molecule has 0 saturated heterocycles. The molecule has 0 bridgehead atoms. The number of rotatable bonds is 4. The molecule has 0 unspecified atom stereocenters. The summed E-state index contributed by atoms with van der Waals surface area (Å²) in [7, 11) is 0. The Labute approximate surface area is 115 Å². The molecule has 1 amide bonds. The molecule has 0 saturated carbocycles. The minimum Gasteiger partial charge on any atom is -0.342 e. The van der Waals surface area contributed by atoms with Crippen molar-refractivity contribution >= 4 is 28.3 Å². The van der Waals surface area contributed by atoms with E-state index in [9.17, 15) is 18.0 Å². The number of nitrogens with zero attached hydrogens (tertiary/aromatic N) is 3.